The lowest BCUT2D eigenvalue weighted by Gasteiger charge is -2.40. The number of aromatic nitrogens is 6. The van der Waals surface area contributed by atoms with Crippen molar-refractivity contribution >= 4 is 11.6 Å². The number of pyridine rings is 1. The standard InChI is InChI=1S/C18H20N8O2/c27-15-9-26(12-3-5-28-6-4-12)18-17(24-15)20-8-14(23-18)11-1-2-13(19-7-11)16-21-10-22-25-16/h1-2,7-8,10,12,15,27H,3-6,9H2,(H,20,24)(H,21,22,25). The van der Waals surface area contributed by atoms with E-state index < -0.39 is 6.23 Å². The smallest absolute Gasteiger partial charge is 0.199 e. The second-order valence-corrected chi connectivity index (χ2v) is 6.84. The summed E-state index contributed by atoms with van der Waals surface area (Å²) in [5.74, 6) is 1.90. The van der Waals surface area contributed by atoms with Crippen molar-refractivity contribution in [1.29, 1.82) is 0 Å². The lowest BCUT2D eigenvalue weighted by Crippen LogP contribution is -2.49. The number of ether oxygens (including phenoxy) is 1. The SMILES string of the molecule is OC1CN(C2CCOCC2)c2nc(-c3ccc(-c4nc[nH]n4)nc3)cnc2N1. The lowest BCUT2D eigenvalue weighted by molar-refractivity contribution is 0.0811. The number of nitrogens with zero attached hydrogens (tertiary/aromatic N) is 6. The molecule has 0 radical (unpaired) electrons. The number of fused-ring (bicyclic) bond motifs is 1. The van der Waals surface area contributed by atoms with Gasteiger partial charge in [0.1, 0.15) is 18.2 Å². The predicted molar refractivity (Wildman–Crippen MR) is 101 cm³/mol. The first kappa shape index (κ1) is 17.0. The van der Waals surface area contributed by atoms with E-state index in [-0.39, 0.29) is 6.04 Å². The number of anilines is 2. The van der Waals surface area contributed by atoms with Gasteiger partial charge >= 0.3 is 0 Å². The average Bonchev–Trinajstić information content (AvgIpc) is 3.28. The fraction of sp³-hybridized carbons (Fsp3) is 0.389. The van der Waals surface area contributed by atoms with Gasteiger partial charge in [0.2, 0.25) is 0 Å². The van der Waals surface area contributed by atoms with Crippen LogP contribution in [0, 0.1) is 0 Å². The van der Waals surface area contributed by atoms with E-state index in [1.807, 2.05) is 12.1 Å². The molecular formula is C18H20N8O2. The Morgan fingerprint density at radius 3 is 2.71 bits per heavy atom. The molecule has 0 aliphatic carbocycles. The lowest BCUT2D eigenvalue weighted by atomic mass is 10.1. The van der Waals surface area contributed by atoms with Gasteiger partial charge < -0.3 is 20.1 Å². The summed E-state index contributed by atoms with van der Waals surface area (Å²) < 4.78 is 5.48. The number of rotatable bonds is 3. The molecule has 0 saturated carbocycles. The van der Waals surface area contributed by atoms with Gasteiger partial charge in [-0.05, 0) is 25.0 Å². The molecule has 0 spiro atoms. The highest BCUT2D eigenvalue weighted by atomic mass is 16.5. The Kier molecular flexibility index (Phi) is 4.34. The normalized spacial score (nSPS) is 19.9. The van der Waals surface area contributed by atoms with E-state index in [4.69, 9.17) is 9.72 Å². The second kappa shape index (κ2) is 7.13. The largest absolute Gasteiger partial charge is 0.381 e. The minimum absolute atomic E-state index is 0.278. The highest BCUT2D eigenvalue weighted by Crippen LogP contribution is 2.32. The van der Waals surface area contributed by atoms with Crippen molar-refractivity contribution in [2.45, 2.75) is 25.1 Å². The number of aliphatic hydroxyl groups is 1. The molecule has 10 nitrogen and oxygen atoms in total. The van der Waals surface area contributed by atoms with Gasteiger partial charge in [-0.1, -0.05) is 0 Å². The molecule has 144 valence electrons. The first-order chi connectivity index (χ1) is 13.8. The molecule has 2 aliphatic heterocycles. The zero-order valence-corrected chi connectivity index (χ0v) is 15.1. The molecule has 3 aromatic heterocycles. The first-order valence-corrected chi connectivity index (χ1v) is 9.26. The van der Waals surface area contributed by atoms with E-state index in [9.17, 15) is 5.11 Å². The Labute approximate surface area is 161 Å². The Balaban J connectivity index is 1.47. The number of aromatic amines is 1. The number of aliphatic hydroxyl groups excluding tert-OH is 1. The van der Waals surface area contributed by atoms with Crippen molar-refractivity contribution < 1.29 is 9.84 Å². The van der Waals surface area contributed by atoms with Gasteiger partial charge in [-0.2, -0.15) is 5.10 Å². The minimum atomic E-state index is -0.669. The monoisotopic (exact) mass is 380 g/mol. The summed E-state index contributed by atoms with van der Waals surface area (Å²) in [7, 11) is 0. The fourth-order valence-corrected chi connectivity index (χ4v) is 3.63. The predicted octanol–water partition coefficient (Wildman–Crippen LogP) is 1.05. The van der Waals surface area contributed by atoms with Crippen LogP contribution in [0.1, 0.15) is 12.8 Å². The van der Waals surface area contributed by atoms with Crippen molar-refractivity contribution in [3.8, 4) is 22.8 Å². The Hall–Kier alpha value is -3.11. The van der Waals surface area contributed by atoms with Crippen LogP contribution in [-0.2, 0) is 4.74 Å². The third kappa shape index (κ3) is 3.16. The third-order valence-corrected chi connectivity index (χ3v) is 5.03. The maximum absolute atomic E-state index is 10.2. The molecule has 5 heterocycles. The number of nitrogens with one attached hydrogen (secondary N) is 2. The van der Waals surface area contributed by atoms with Crippen LogP contribution in [0.4, 0.5) is 11.6 Å². The summed E-state index contributed by atoms with van der Waals surface area (Å²) in [6, 6.07) is 4.07. The number of β-amino-alcohol motifs (C(OH)–C–C–N with tert-alkyl or cyclic N) is 1. The van der Waals surface area contributed by atoms with Gasteiger partial charge in [0, 0.05) is 31.0 Å². The third-order valence-electron chi connectivity index (χ3n) is 5.03. The minimum Gasteiger partial charge on any atom is -0.381 e. The molecule has 0 amide bonds. The van der Waals surface area contributed by atoms with Crippen molar-refractivity contribution in [3.63, 3.8) is 0 Å². The zero-order chi connectivity index (χ0) is 18.9. The molecule has 1 unspecified atom stereocenters. The summed E-state index contributed by atoms with van der Waals surface area (Å²) >= 11 is 0. The summed E-state index contributed by atoms with van der Waals surface area (Å²) in [5.41, 5.74) is 2.26. The molecule has 1 fully saturated rings. The first-order valence-electron chi connectivity index (χ1n) is 9.26. The van der Waals surface area contributed by atoms with E-state index in [1.54, 1.807) is 12.4 Å². The van der Waals surface area contributed by atoms with Crippen LogP contribution in [0.3, 0.4) is 0 Å². The number of hydrogen-bond donors (Lipinski definition) is 3. The molecule has 5 rings (SSSR count). The molecule has 28 heavy (non-hydrogen) atoms. The van der Waals surface area contributed by atoms with Crippen LogP contribution in [-0.4, -0.2) is 67.3 Å². The fourth-order valence-electron chi connectivity index (χ4n) is 3.63. The van der Waals surface area contributed by atoms with Crippen LogP contribution in [0.2, 0.25) is 0 Å². The van der Waals surface area contributed by atoms with Crippen LogP contribution in [0.5, 0.6) is 0 Å². The van der Waals surface area contributed by atoms with Crippen molar-refractivity contribution in [2.75, 3.05) is 30.0 Å². The van der Waals surface area contributed by atoms with Gasteiger partial charge in [-0.25, -0.2) is 15.0 Å². The van der Waals surface area contributed by atoms with Crippen molar-refractivity contribution in [2.24, 2.45) is 0 Å². The summed E-state index contributed by atoms with van der Waals surface area (Å²) in [6.45, 7) is 1.91. The van der Waals surface area contributed by atoms with E-state index in [1.165, 1.54) is 6.33 Å². The number of H-pyrrole nitrogens is 1. The van der Waals surface area contributed by atoms with Gasteiger partial charge in [0.25, 0.3) is 0 Å². The maximum Gasteiger partial charge on any atom is 0.199 e. The van der Waals surface area contributed by atoms with E-state index in [0.717, 1.165) is 43.1 Å². The molecule has 1 saturated heterocycles. The van der Waals surface area contributed by atoms with Gasteiger partial charge in [-0.15, -0.1) is 0 Å². The van der Waals surface area contributed by atoms with Gasteiger partial charge in [0.15, 0.2) is 17.5 Å². The Morgan fingerprint density at radius 1 is 1.07 bits per heavy atom. The van der Waals surface area contributed by atoms with Crippen molar-refractivity contribution in [1.82, 2.24) is 30.1 Å². The maximum atomic E-state index is 10.2. The topological polar surface area (TPSA) is 125 Å². The van der Waals surface area contributed by atoms with Crippen LogP contribution in [0.15, 0.2) is 30.9 Å². The highest BCUT2D eigenvalue weighted by molar-refractivity contribution is 5.70. The van der Waals surface area contributed by atoms with E-state index in [0.29, 0.717) is 23.9 Å². The second-order valence-electron chi connectivity index (χ2n) is 6.84. The van der Waals surface area contributed by atoms with Crippen molar-refractivity contribution in [3.05, 3.63) is 30.9 Å². The summed E-state index contributed by atoms with van der Waals surface area (Å²) in [4.78, 5) is 20.0. The highest BCUT2D eigenvalue weighted by Gasteiger charge is 2.31. The molecule has 3 N–H and O–H groups in total. The molecule has 10 heteroatoms. The average molecular weight is 380 g/mol. The quantitative estimate of drug-likeness (QED) is 0.611. The summed E-state index contributed by atoms with van der Waals surface area (Å²) in [5, 5.41) is 19.9. The van der Waals surface area contributed by atoms with Gasteiger partial charge in [-0.3, -0.25) is 10.1 Å². The van der Waals surface area contributed by atoms with Crippen LogP contribution < -0.4 is 10.2 Å². The molecule has 0 bridgehead atoms. The number of hydrogen-bond acceptors (Lipinski definition) is 9. The van der Waals surface area contributed by atoms with Gasteiger partial charge in [0.05, 0.1) is 18.4 Å². The molecular weight excluding hydrogens is 360 g/mol. The summed E-state index contributed by atoms with van der Waals surface area (Å²) in [6.07, 6.45) is 6.10. The Bertz CT molecular complexity index is 941. The van der Waals surface area contributed by atoms with E-state index >= 15 is 0 Å². The molecule has 0 aromatic carbocycles. The Morgan fingerprint density at radius 2 is 1.96 bits per heavy atom. The van der Waals surface area contributed by atoms with Crippen LogP contribution in [0.25, 0.3) is 22.8 Å². The molecule has 3 aromatic rings. The zero-order valence-electron chi connectivity index (χ0n) is 15.1. The van der Waals surface area contributed by atoms with Crippen LogP contribution >= 0.6 is 0 Å². The van der Waals surface area contributed by atoms with E-state index in [2.05, 4.69) is 35.4 Å². The molecule has 2 aliphatic rings. The molecule has 1 atom stereocenters.